The van der Waals surface area contributed by atoms with Gasteiger partial charge in [0, 0.05) is 30.2 Å². The van der Waals surface area contributed by atoms with Crippen molar-refractivity contribution in [1.82, 2.24) is 4.90 Å². The number of fused-ring (bicyclic) bond motifs is 1. The van der Waals surface area contributed by atoms with Crippen molar-refractivity contribution in [3.63, 3.8) is 0 Å². The molecule has 0 spiro atoms. The highest BCUT2D eigenvalue weighted by Gasteiger charge is 2.20. The van der Waals surface area contributed by atoms with Crippen molar-refractivity contribution in [2.45, 2.75) is 26.3 Å². The monoisotopic (exact) mass is 376 g/mol. The highest BCUT2D eigenvalue weighted by atomic mass is 35.5. The maximum Gasteiger partial charge on any atom is 0.257 e. The molecule has 1 N–H and O–H groups in total. The molecular formula is C19H18Cl2N2O2. The van der Waals surface area contributed by atoms with Crippen LogP contribution in [-0.4, -0.2) is 23.3 Å². The smallest absolute Gasteiger partial charge is 0.257 e. The summed E-state index contributed by atoms with van der Waals surface area (Å²) in [5.74, 6) is -0.146. The van der Waals surface area contributed by atoms with Gasteiger partial charge in [-0.15, -0.1) is 0 Å². The largest absolute Gasteiger partial charge is 0.338 e. The SMILES string of the molecule is CCC(=O)N1CCc2ccc(NC(=O)c3ccc(Cl)cc3Cl)cc2C1. The first-order valence-electron chi connectivity index (χ1n) is 8.14. The summed E-state index contributed by atoms with van der Waals surface area (Å²) in [6, 6.07) is 10.6. The van der Waals surface area contributed by atoms with Gasteiger partial charge in [-0.2, -0.15) is 0 Å². The fourth-order valence-electron chi connectivity index (χ4n) is 2.94. The van der Waals surface area contributed by atoms with E-state index < -0.39 is 0 Å². The van der Waals surface area contributed by atoms with Crippen LogP contribution < -0.4 is 5.32 Å². The number of hydrogen-bond donors (Lipinski definition) is 1. The Labute approximate surface area is 156 Å². The summed E-state index contributed by atoms with van der Waals surface area (Å²) in [6.45, 7) is 3.18. The van der Waals surface area contributed by atoms with Crippen LogP contribution in [0.1, 0.15) is 34.8 Å². The van der Waals surface area contributed by atoms with Crippen LogP contribution in [0.15, 0.2) is 36.4 Å². The summed E-state index contributed by atoms with van der Waals surface area (Å²) < 4.78 is 0. The molecule has 3 rings (SSSR count). The molecule has 1 aliphatic heterocycles. The molecule has 25 heavy (non-hydrogen) atoms. The van der Waals surface area contributed by atoms with Gasteiger partial charge >= 0.3 is 0 Å². The van der Waals surface area contributed by atoms with Crippen LogP contribution in [0, 0.1) is 0 Å². The normalized spacial score (nSPS) is 13.3. The lowest BCUT2D eigenvalue weighted by Crippen LogP contribution is -2.35. The first kappa shape index (κ1) is 17.8. The molecule has 0 unspecified atom stereocenters. The first-order valence-corrected chi connectivity index (χ1v) is 8.89. The molecule has 2 aromatic rings. The van der Waals surface area contributed by atoms with Crippen molar-refractivity contribution in [3.8, 4) is 0 Å². The molecule has 1 heterocycles. The van der Waals surface area contributed by atoms with E-state index in [1.165, 1.54) is 5.56 Å². The Balaban J connectivity index is 1.78. The van der Waals surface area contributed by atoms with Crippen LogP contribution in [0.5, 0.6) is 0 Å². The average Bonchev–Trinajstić information content (AvgIpc) is 2.60. The predicted molar refractivity (Wildman–Crippen MR) is 100 cm³/mol. The van der Waals surface area contributed by atoms with Crippen molar-refractivity contribution >= 4 is 40.7 Å². The van der Waals surface area contributed by atoms with Gasteiger partial charge in [0.05, 0.1) is 10.6 Å². The van der Waals surface area contributed by atoms with E-state index in [1.54, 1.807) is 18.2 Å². The summed E-state index contributed by atoms with van der Waals surface area (Å²) in [5.41, 5.74) is 3.32. The standard InChI is InChI=1S/C19H18Cl2N2O2/c1-2-18(24)23-8-7-12-3-5-15(9-13(12)11-23)22-19(25)16-6-4-14(20)10-17(16)21/h3-6,9-10H,2,7-8,11H2,1H3,(H,22,25). The highest BCUT2D eigenvalue weighted by molar-refractivity contribution is 6.37. The molecule has 0 bridgehead atoms. The topological polar surface area (TPSA) is 49.4 Å². The number of nitrogens with zero attached hydrogens (tertiary/aromatic N) is 1. The van der Waals surface area contributed by atoms with Crippen molar-refractivity contribution in [2.75, 3.05) is 11.9 Å². The fraction of sp³-hybridized carbons (Fsp3) is 0.263. The van der Waals surface area contributed by atoms with Crippen LogP contribution in [0.25, 0.3) is 0 Å². The molecule has 0 aliphatic carbocycles. The van der Waals surface area contributed by atoms with Crippen molar-refractivity contribution in [2.24, 2.45) is 0 Å². The maximum atomic E-state index is 12.4. The molecular weight excluding hydrogens is 359 g/mol. The lowest BCUT2D eigenvalue weighted by atomic mass is 9.98. The lowest BCUT2D eigenvalue weighted by Gasteiger charge is -2.29. The van der Waals surface area contributed by atoms with Crippen molar-refractivity contribution < 1.29 is 9.59 Å². The van der Waals surface area contributed by atoms with Gasteiger partial charge in [0.15, 0.2) is 0 Å². The third-order valence-corrected chi connectivity index (χ3v) is 4.86. The molecule has 0 aromatic heterocycles. The van der Waals surface area contributed by atoms with Crippen LogP contribution >= 0.6 is 23.2 Å². The second-order valence-corrected chi connectivity index (χ2v) is 6.82. The zero-order valence-electron chi connectivity index (χ0n) is 13.8. The number of carbonyl (C=O) groups excluding carboxylic acids is 2. The van der Waals surface area contributed by atoms with E-state index in [9.17, 15) is 9.59 Å². The van der Waals surface area contributed by atoms with Crippen LogP contribution in [0.4, 0.5) is 5.69 Å². The average molecular weight is 377 g/mol. The third kappa shape index (κ3) is 3.97. The summed E-state index contributed by atoms with van der Waals surface area (Å²) >= 11 is 12.0. The minimum absolute atomic E-state index is 0.146. The van der Waals surface area contributed by atoms with Crippen LogP contribution in [-0.2, 0) is 17.8 Å². The van der Waals surface area contributed by atoms with Gasteiger partial charge in [0.25, 0.3) is 5.91 Å². The van der Waals surface area contributed by atoms with E-state index in [4.69, 9.17) is 23.2 Å². The number of anilines is 1. The molecule has 0 atom stereocenters. The Morgan fingerprint density at radius 3 is 2.64 bits per heavy atom. The molecule has 6 heteroatoms. The van der Waals surface area contributed by atoms with Crippen molar-refractivity contribution in [1.29, 1.82) is 0 Å². The quantitative estimate of drug-likeness (QED) is 0.854. The lowest BCUT2D eigenvalue weighted by molar-refractivity contribution is -0.131. The minimum Gasteiger partial charge on any atom is -0.338 e. The summed E-state index contributed by atoms with van der Waals surface area (Å²) in [6.07, 6.45) is 1.33. The molecule has 2 aromatic carbocycles. The number of amides is 2. The van der Waals surface area contributed by atoms with Gasteiger partial charge in [-0.1, -0.05) is 36.2 Å². The Kier molecular flexibility index (Phi) is 5.30. The van der Waals surface area contributed by atoms with E-state index in [0.717, 1.165) is 18.5 Å². The number of nitrogens with one attached hydrogen (secondary N) is 1. The highest BCUT2D eigenvalue weighted by Crippen LogP contribution is 2.25. The third-order valence-electron chi connectivity index (χ3n) is 4.31. The van der Waals surface area contributed by atoms with Gasteiger partial charge in [-0.05, 0) is 47.9 Å². The second-order valence-electron chi connectivity index (χ2n) is 5.98. The fourth-order valence-corrected chi connectivity index (χ4v) is 3.44. The molecule has 0 saturated heterocycles. The second kappa shape index (κ2) is 7.46. The number of rotatable bonds is 3. The molecule has 0 radical (unpaired) electrons. The van der Waals surface area contributed by atoms with Crippen molar-refractivity contribution in [3.05, 3.63) is 63.1 Å². The number of halogens is 2. The summed E-state index contributed by atoms with van der Waals surface area (Å²) in [7, 11) is 0. The zero-order valence-corrected chi connectivity index (χ0v) is 15.3. The number of benzene rings is 2. The van der Waals surface area contributed by atoms with Gasteiger partial charge in [0.2, 0.25) is 5.91 Å². The van der Waals surface area contributed by atoms with E-state index in [2.05, 4.69) is 5.32 Å². The Morgan fingerprint density at radius 1 is 1.12 bits per heavy atom. The van der Waals surface area contributed by atoms with Gasteiger partial charge in [0.1, 0.15) is 0 Å². The Morgan fingerprint density at radius 2 is 1.92 bits per heavy atom. The van der Waals surface area contributed by atoms with Gasteiger partial charge in [-0.25, -0.2) is 0 Å². The Hall–Kier alpha value is -2.04. The zero-order chi connectivity index (χ0) is 18.0. The minimum atomic E-state index is -0.293. The first-order chi connectivity index (χ1) is 12.0. The number of hydrogen-bond acceptors (Lipinski definition) is 2. The van der Waals surface area contributed by atoms with Crippen LogP contribution in [0.3, 0.4) is 0 Å². The molecule has 4 nitrogen and oxygen atoms in total. The molecule has 0 fully saturated rings. The van der Waals surface area contributed by atoms with E-state index in [1.807, 2.05) is 30.0 Å². The molecule has 0 saturated carbocycles. The van der Waals surface area contributed by atoms with Gasteiger partial charge in [-0.3, -0.25) is 9.59 Å². The van der Waals surface area contributed by atoms with E-state index in [0.29, 0.717) is 34.3 Å². The summed E-state index contributed by atoms with van der Waals surface area (Å²) in [5, 5.41) is 3.65. The summed E-state index contributed by atoms with van der Waals surface area (Å²) in [4.78, 5) is 26.2. The molecule has 130 valence electrons. The Bertz CT molecular complexity index is 836. The van der Waals surface area contributed by atoms with Crippen LogP contribution in [0.2, 0.25) is 10.0 Å². The molecule has 1 aliphatic rings. The number of carbonyl (C=O) groups is 2. The molecule has 2 amide bonds. The van der Waals surface area contributed by atoms with E-state index in [-0.39, 0.29) is 11.8 Å². The maximum absolute atomic E-state index is 12.4. The predicted octanol–water partition coefficient (Wildman–Crippen LogP) is 4.54. The van der Waals surface area contributed by atoms with Gasteiger partial charge < -0.3 is 10.2 Å². The van der Waals surface area contributed by atoms with E-state index >= 15 is 0 Å².